The summed E-state index contributed by atoms with van der Waals surface area (Å²) in [4.78, 5) is 25.8. The number of carbonyl (C=O) groups is 1. The van der Waals surface area contributed by atoms with Crippen molar-refractivity contribution in [2.75, 3.05) is 41.8 Å². The second kappa shape index (κ2) is 7.58. The first-order valence-corrected chi connectivity index (χ1v) is 7.15. The molecule has 1 aromatic heterocycles. The third-order valence-electron chi connectivity index (χ3n) is 3.17. The fourth-order valence-corrected chi connectivity index (χ4v) is 2.16. The molecule has 1 aliphatic heterocycles. The summed E-state index contributed by atoms with van der Waals surface area (Å²) in [5.41, 5.74) is 2.46. The lowest BCUT2D eigenvalue weighted by Gasteiger charge is -2.26. The van der Waals surface area contributed by atoms with E-state index >= 15 is 0 Å². The van der Waals surface area contributed by atoms with Gasteiger partial charge in [-0.3, -0.25) is 10.2 Å². The van der Waals surface area contributed by atoms with Crippen LogP contribution < -0.4 is 26.8 Å². The largest absolute Gasteiger partial charge is 0.355 e. The number of rotatable bonds is 6. The summed E-state index contributed by atoms with van der Waals surface area (Å²) in [6.45, 7) is 4.41. The summed E-state index contributed by atoms with van der Waals surface area (Å²) in [5, 5.41) is 5.75. The van der Waals surface area contributed by atoms with Crippen molar-refractivity contribution in [3.8, 4) is 0 Å². The first-order valence-electron chi connectivity index (χ1n) is 7.15. The number of carbonyl (C=O) groups excluding carboxylic acids is 1. The Balaban J connectivity index is 2.00. The van der Waals surface area contributed by atoms with Crippen LogP contribution in [0.3, 0.4) is 0 Å². The molecule has 1 saturated heterocycles. The van der Waals surface area contributed by atoms with Crippen molar-refractivity contribution in [2.45, 2.75) is 26.2 Å². The minimum absolute atomic E-state index is 0.0641. The van der Waals surface area contributed by atoms with Gasteiger partial charge in [0.05, 0.1) is 0 Å². The Bertz CT molecular complexity index is 474. The number of nitrogens with one attached hydrogen (secondary N) is 3. The lowest BCUT2D eigenvalue weighted by molar-refractivity contribution is -0.118. The van der Waals surface area contributed by atoms with Crippen molar-refractivity contribution < 1.29 is 4.79 Å². The molecule has 5 N–H and O–H groups in total. The maximum absolute atomic E-state index is 10.8. The van der Waals surface area contributed by atoms with Crippen LogP contribution >= 0.6 is 0 Å². The molecule has 1 amide bonds. The molecular formula is C12H22N8O. The molecule has 0 atom stereocenters. The molecule has 0 unspecified atom stereocenters. The Kier molecular flexibility index (Phi) is 5.50. The molecule has 1 aromatic rings. The number of hydrazine groups is 1. The van der Waals surface area contributed by atoms with Gasteiger partial charge < -0.3 is 15.5 Å². The summed E-state index contributed by atoms with van der Waals surface area (Å²) in [7, 11) is 0. The summed E-state index contributed by atoms with van der Waals surface area (Å²) >= 11 is 0. The van der Waals surface area contributed by atoms with E-state index in [1.807, 2.05) is 0 Å². The quantitative estimate of drug-likeness (QED) is 0.320. The van der Waals surface area contributed by atoms with E-state index in [-0.39, 0.29) is 5.91 Å². The highest BCUT2D eigenvalue weighted by Gasteiger charge is 2.15. The van der Waals surface area contributed by atoms with Gasteiger partial charge in [0.1, 0.15) is 0 Å². The van der Waals surface area contributed by atoms with Crippen LogP contribution in [-0.2, 0) is 4.79 Å². The number of aromatic nitrogens is 3. The van der Waals surface area contributed by atoms with Gasteiger partial charge in [-0.2, -0.15) is 15.0 Å². The van der Waals surface area contributed by atoms with Gasteiger partial charge in [0, 0.05) is 33.1 Å². The van der Waals surface area contributed by atoms with E-state index < -0.39 is 0 Å². The zero-order chi connectivity index (χ0) is 15.1. The van der Waals surface area contributed by atoms with Crippen molar-refractivity contribution in [1.82, 2.24) is 20.3 Å². The van der Waals surface area contributed by atoms with E-state index in [1.54, 1.807) is 0 Å². The van der Waals surface area contributed by atoms with Crippen LogP contribution in [0, 0.1) is 0 Å². The number of nitrogen functional groups attached to an aromatic ring is 1. The first-order chi connectivity index (χ1) is 10.2. The smallest absolute Gasteiger partial charge is 0.243 e. The number of nitrogens with two attached hydrogens (primary N) is 1. The van der Waals surface area contributed by atoms with Crippen molar-refractivity contribution in [3.05, 3.63) is 0 Å². The average Bonchev–Trinajstić information content (AvgIpc) is 2.52. The molecule has 2 rings (SSSR count). The lowest BCUT2D eigenvalue weighted by atomic mass is 10.1. The number of hydrogen-bond donors (Lipinski definition) is 4. The first kappa shape index (κ1) is 15.2. The summed E-state index contributed by atoms with van der Waals surface area (Å²) < 4.78 is 0. The van der Waals surface area contributed by atoms with Crippen molar-refractivity contribution in [3.63, 3.8) is 0 Å². The zero-order valence-corrected chi connectivity index (χ0v) is 12.2. The van der Waals surface area contributed by atoms with Gasteiger partial charge in [0.2, 0.25) is 23.8 Å². The molecular weight excluding hydrogens is 272 g/mol. The minimum atomic E-state index is -0.0641. The summed E-state index contributed by atoms with van der Waals surface area (Å²) in [5.74, 6) is 6.74. The number of piperidine rings is 1. The summed E-state index contributed by atoms with van der Waals surface area (Å²) in [6, 6.07) is 0. The van der Waals surface area contributed by atoms with Gasteiger partial charge in [-0.15, -0.1) is 0 Å². The van der Waals surface area contributed by atoms with Gasteiger partial charge in [0.25, 0.3) is 0 Å². The molecule has 1 fully saturated rings. The summed E-state index contributed by atoms with van der Waals surface area (Å²) in [6.07, 6.45) is 3.52. The Hall–Kier alpha value is -2.16. The molecule has 0 aromatic carbocycles. The molecule has 0 saturated carbocycles. The van der Waals surface area contributed by atoms with Crippen molar-refractivity contribution in [2.24, 2.45) is 5.84 Å². The van der Waals surface area contributed by atoms with E-state index in [9.17, 15) is 4.79 Å². The second-order valence-corrected chi connectivity index (χ2v) is 4.88. The fraction of sp³-hybridized carbons (Fsp3) is 0.667. The van der Waals surface area contributed by atoms with Gasteiger partial charge in [-0.1, -0.05) is 0 Å². The third kappa shape index (κ3) is 4.71. The predicted molar refractivity (Wildman–Crippen MR) is 80.9 cm³/mol. The third-order valence-corrected chi connectivity index (χ3v) is 3.17. The van der Waals surface area contributed by atoms with Gasteiger partial charge in [0.15, 0.2) is 0 Å². The molecule has 21 heavy (non-hydrogen) atoms. The number of hydrogen-bond acceptors (Lipinski definition) is 8. The van der Waals surface area contributed by atoms with Crippen LogP contribution in [-0.4, -0.2) is 47.0 Å². The predicted octanol–water partition coefficient (Wildman–Crippen LogP) is -0.304. The molecule has 9 heteroatoms. The number of nitrogens with zero attached hydrogens (tertiary/aromatic N) is 4. The highest BCUT2D eigenvalue weighted by Crippen LogP contribution is 2.17. The monoisotopic (exact) mass is 294 g/mol. The van der Waals surface area contributed by atoms with Gasteiger partial charge >= 0.3 is 0 Å². The van der Waals surface area contributed by atoms with E-state index in [0.29, 0.717) is 30.9 Å². The molecule has 0 bridgehead atoms. The molecule has 1 aliphatic rings. The molecule has 116 valence electrons. The van der Waals surface area contributed by atoms with Crippen molar-refractivity contribution >= 4 is 23.8 Å². The van der Waals surface area contributed by atoms with E-state index in [1.165, 1.54) is 13.3 Å². The van der Waals surface area contributed by atoms with Crippen LogP contribution in [0.5, 0.6) is 0 Å². The maximum atomic E-state index is 10.8. The maximum Gasteiger partial charge on any atom is 0.243 e. The molecule has 0 aliphatic carbocycles. The van der Waals surface area contributed by atoms with E-state index in [0.717, 1.165) is 25.9 Å². The topological polar surface area (TPSA) is 121 Å². The van der Waals surface area contributed by atoms with Gasteiger partial charge in [-0.05, 0) is 19.3 Å². The zero-order valence-electron chi connectivity index (χ0n) is 12.2. The Morgan fingerprint density at radius 2 is 1.86 bits per heavy atom. The SMILES string of the molecule is CC(=O)NCCNc1nc(NN)nc(N2CCCCC2)n1. The van der Waals surface area contributed by atoms with Crippen molar-refractivity contribution in [1.29, 1.82) is 0 Å². The normalized spacial score (nSPS) is 14.7. The second-order valence-electron chi connectivity index (χ2n) is 4.88. The highest BCUT2D eigenvalue weighted by atomic mass is 16.1. The number of anilines is 3. The van der Waals surface area contributed by atoms with Crippen LogP contribution in [0.1, 0.15) is 26.2 Å². The van der Waals surface area contributed by atoms with E-state index in [4.69, 9.17) is 5.84 Å². The van der Waals surface area contributed by atoms with Crippen LogP contribution in [0.2, 0.25) is 0 Å². The van der Waals surface area contributed by atoms with Crippen LogP contribution in [0.15, 0.2) is 0 Å². The highest BCUT2D eigenvalue weighted by molar-refractivity contribution is 5.72. The molecule has 9 nitrogen and oxygen atoms in total. The minimum Gasteiger partial charge on any atom is -0.355 e. The fourth-order valence-electron chi connectivity index (χ4n) is 2.16. The Morgan fingerprint density at radius 1 is 1.14 bits per heavy atom. The molecule has 0 radical (unpaired) electrons. The molecule has 0 spiro atoms. The van der Waals surface area contributed by atoms with Crippen LogP contribution in [0.4, 0.5) is 17.8 Å². The van der Waals surface area contributed by atoms with Gasteiger partial charge in [-0.25, -0.2) is 5.84 Å². The Labute approximate surface area is 123 Å². The lowest BCUT2D eigenvalue weighted by Crippen LogP contribution is -2.32. The standard InChI is InChI=1S/C12H22N8O/c1-9(21)14-5-6-15-10-16-11(19-13)18-12(17-10)20-7-3-2-4-8-20/h2-8,13H2,1H3,(H,14,21)(H2,15,16,17,18,19). The Morgan fingerprint density at radius 3 is 2.52 bits per heavy atom. The molecule has 2 heterocycles. The average molecular weight is 294 g/mol. The van der Waals surface area contributed by atoms with Crippen LogP contribution in [0.25, 0.3) is 0 Å². The number of amides is 1. The van der Waals surface area contributed by atoms with E-state index in [2.05, 4.69) is 35.9 Å².